The molecule has 0 bridgehead atoms. The number of nitrogens with zero attached hydrogens (tertiary/aromatic N) is 4. The molecule has 0 radical (unpaired) electrons. The van der Waals surface area contributed by atoms with Gasteiger partial charge in [-0.25, -0.2) is 4.99 Å². The van der Waals surface area contributed by atoms with Gasteiger partial charge < -0.3 is 15.0 Å². The zero-order valence-electron chi connectivity index (χ0n) is 23.6. The Labute approximate surface area is 251 Å². The molecule has 1 aromatic heterocycles. The van der Waals surface area contributed by atoms with Gasteiger partial charge in [0.25, 0.3) is 17.2 Å². The van der Waals surface area contributed by atoms with Crippen molar-refractivity contribution in [2.24, 2.45) is 4.99 Å². The minimum Gasteiger partial charge on any atom is -0.497 e. The van der Waals surface area contributed by atoms with Gasteiger partial charge in [-0.1, -0.05) is 47.7 Å². The van der Waals surface area contributed by atoms with Crippen LogP contribution in [0.2, 0.25) is 0 Å². The molecule has 1 N–H and O–H groups in total. The standard InChI is InChI=1S/C32H29N5O5S/c1-20-28(30(38)34-23-8-4-3-5-9-23)29(22-11-13-24(42-2)14-12-22)36-31(39)27(43-32(36)33-20)19-21-10-15-25(26(18-21)37(40)41)35-16-6-7-17-35/h3-5,8-15,18-19,29H,6-7,16-17H2,1-2H3,(H,34,38)/b27-19-/t29-/m1/s1. The molecule has 218 valence electrons. The predicted molar refractivity (Wildman–Crippen MR) is 166 cm³/mol. The van der Waals surface area contributed by atoms with Gasteiger partial charge in [0.05, 0.1) is 33.9 Å². The molecule has 2 aliphatic heterocycles. The Morgan fingerprint density at radius 3 is 2.49 bits per heavy atom. The van der Waals surface area contributed by atoms with Crippen molar-refractivity contribution < 1.29 is 14.5 Å². The number of anilines is 2. The SMILES string of the molecule is COc1ccc([C@@H]2C(C(=O)Nc3ccccc3)=C(C)N=c3s/c(=C\c4ccc(N5CCCC5)c([N+](=O)[O-])c4)c(=O)n32)cc1. The van der Waals surface area contributed by atoms with E-state index in [-0.39, 0.29) is 22.1 Å². The van der Waals surface area contributed by atoms with E-state index >= 15 is 0 Å². The Kier molecular flexibility index (Phi) is 7.64. The second kappa shape index (κ2) is 11.7. The molecule has 43 heavy (non-hydrogen) atoms. The van der Waals surface area contributed by atoms with Crippen molar-refractivity contribution in [3.05, 3.63) is 125 Å². The van der Waals surface area contributed by atoms with Crippen LogP contribution in [0.25, 0.3) is 6.08 Å². The second-order valence-corrected chi connectivity index (χ2v) is 11.4. The number of ether oxygens (including phenoxy) is 1. The lowest BCUT2D eigenvalue weighted by Crippen LogP contribution is -2.40. The number of nitrogens with one attached hydrogen (secondary N) is 1. The summed E-state index contributed by atoms with van der Waals surface area (Å²) in [5.41, 5.74) is 2.98. The maximum absolute atomic E-state index is 14.0. The van der Waals surface area contributed by atoms with Crippen LogP contribution in [-0.4, -0.2) is 35.6 Å². The normalized spacial score (nSPS) is 16.6. The minimum atomic E-state index is -0.750. The summed E-state index contributed by atoms with van der Waals surface area (Å²) < 4.78 is 7.21. The van der Waals surface area contributed by atoms with Crippen molar-refractivity contribution in [2.75, 3.05) is 30.4 Å². The van der Waals surface area contributed by atoms with Crippen molar-refractivity contribution in [1.82, 2.24) is 4.57 Å². The fourth-order valence-corrected chi connectivity index (χ4v) is 6.63. The highest BCUT2D eigenvalue weighted by Crippen LogP contribution is 2.33. The Balaban J connectivity index is 1.46. The average molecular weight is 596 g/mol. The Hall–Kier alpha value is -5.03. The summed E-state index contributed by atoms with van der Waals surface area (Å²) in [6.45, 7) is 3.32. The molecule has 1 saturated heterocycles. The third-order valence-electron chi connectivity index (χ3n) is 7.67. The molecule has 10 nitrogen and oxygen atoms in total. The first kappa shape index (κ1) is 28.1. The maximum atomic E-state index is 14.0. The van der Waals surface area contributed by atoms with E-state index in [1.807, 2.05) is 35.2 Å². The first-order valence-corrected chi connectivity index (χ1v) is 14.7. The first-order valence-electron chi connectivity index (χ1n) is 13.9. The van der Waals surface area contributed by atoms with Gasteiger partial charge in [0.2, 0.25) is 0 Å². The van der Waals surface area contributed by atoms with Crippen LogP contribution in [0.3, 0.4) is 0 Å². The Morgan fingerprint density at radius 2 is 1.81 bits per heavy atom. The number of hydrogen-bond acceptors (Lipinski definition) is 8. The number of para-hydroxylation sites is 1. The third-order valence-corrected chi connectivity index (χ3v) is 8.65. The van der Waals surface area contributed by atoms with Crippen LogP contribution in [0.4, 0.5) is 17.1 Å². The number of nitro groups is 1. The van der Waals surface area contributed by atoms with E-state index in [4.69, 9.17) is 4.74 Å². The number of amides is 1. The van der Waals surface area contributed by atoms with Crippen LogP contribution in [0.5, 0.6) is 5.75 Å². The molecule has 6 rings (SSSR count). The van der Waals surface area contributed by atoms with Crippen LogP contribution >= 0.6 is 11.3 Å². The molecule has 0 saturated carbocycles. The van der Waals surface area contributed by atoms with Crippen LogP contribution in [0, 0.1) is 10.1 Å². The van der Waals surface area contributed by atoms with E-state index in [9.17, 15) is 19.7 Å². The zero-order chi connectivity index (χ0) is 30.1. The molecule has 4 aromatic rings. The number of benzene rings is 3. The largest absolute Gasteiger partial charge is 0.497 e. The molecule has 2 aliphatic rings. The summed E-state index contributed by atoms with van der Waals surface area (Å²) in [7, 11) is 1.57. The monoisotopic (exact) mass is 595 g/mol. The van der Waals surface area contributed by atoms with Crippen molar-refractivity contribution in [3.8, 4) is 5.75 Å². The molecule has 1 amide bonds. The number of carbonyl (C=O) groups excluding carboxylic acids is 1. The van der Waals surface area contributed by atoms with Crippen molar-refractivity contribution in [1.29, 1.82) is 0 Å². The lowest BCUT2D eigenvalue weighted by Gasteiger charge is -2.25. The Morgan fingerprint density at radius 1 is 1.09 bits per heavy atom. The highest BCUT2D eigenvalue weighted by atomic mass is 32.1. The summed E-state index contributed by atoms with van der Waals surface area (Å²) >= 11 is 1.19. The molecule has 11 heteroatoms. The van der Waals surface area contributed by atoms with Crippen LogP contribution in [0.1, 0.15) is 36.9 Å². The van der Waals surface area contributed by atoms with E-state index in [1.165, 1.54) is 22.0 Å². The molecule has 3 heterocycles. The van der Waals surface area contributed by atoms with Crippen LogP contribution in [-0.2, 0) is 4.79 Å². The first-order chi connectivity index (χ1) is 20.8. The van der Waals surface area contributed by atoms with E-state index in [0.717, 1.165) is 25.9 Å². The number of nitro benzene ring substituents is 1. The highest BCUT2D eigenvalue weighted by Gasteiger charge is 2.32. The third kappa shape index (κ3) is 5.46. The summed E-state index contributed by atoms with van der Waals surface area (Å²) in [5.74, 6) is 0.279. The van der Waals surface area contributed by atoms with Gasteiger partial charge in [0.1, 0.15) is 11.4 Å². The highest BCUT2D eigenvalue weighted by molar-refractivity contribution is 7.07. The average Bonchev–Trinajstić information content (AvgIpc) is 3.65. The molecule has 0 unspecified atom stereocenters. The number of methoxy groups -OCH3 is 1. The summed E-state index contributed by atoms with van der Waals surface area (Å²) in [4.78, 5) is 46.4. The fraction of sp³-hybridized carbons (Fsp3) is 0.219. The van der Waals surface area contributed by atoms with Crippen LogP contribution in [0.15, 0.2) is 93.9 Å². The van der Waals surface area contributed by atoms with Crippen molar-refractivity contribution in [3.63, 3.8) is 0 Å². The topological polar surface area (TPSA) is 119 Å². The van der Waals surface area contributed by atoms with Gasteiger partial charge >= 0.3 is 0 Å². The Bertz CT molecular complexity index is 1920. The van der Waals surface area contributed by atoms with Gasteiger partial charge in [-0.2, -0.15) is 0 Å². The fourth-order valence-electron chi connectivity index (χ4n) is 5.59. The molecule has 3 aromatic carbocycles. The van der Waals surface area contributed by atoms with Gasteiger partial charge in [-0.05, 0) is 67.3 Å². The smallest absolute Gasteiger partial charge is 0.293 e. The zero-order valence-corrected chi connectivity index (χ0v) is 24.5. The summed E-state index contributed by atoms with van der Waals surface area (Å²) in [5, 5.41) is 14.9. The molecule has 0 spiro atoms. The molecule has 1 fully saturated rings. The lowest BCUT2D eigenvalue weighted by molar-refractivity contribution is -0.384. The number of rotatable bonds is 7. The molecular formula is C32H29N5O5S. The predicted octanol–water partition coefficient (Wildman–Crippen LogP) is 4.39. The number of hydrogen-bond donors (Lipinski definition) is 1. The molecule has 1 atom stereocenters. The van der Waals surface area contributed by atoms with Gasteiger partial charge in [0.15, 0.2) is 4.80 Å². The number of allylic oxidation sites excluding steroid dienone is 1. The molecular weight excluding hydrogens is 566 g/mol. The number of carbonyl (C=O) groups is 1. The van der Waals surface area contributed by atoms with E-state index in [1.54, 1.807) is 56.5 Å². The summed E-state index contributed by atoms with van der Waals surface area (Å²) in [6, 6.07) is 20.6. The van der Waals surface area contributed by atoms with Gasteiger partial charge in [-0.15, -0.1) is 0 Å². The molecule has 0 aliphatic carbocycles. The van der Waals surface area contributed by atoms with Crippen molar-refractivity contribution in [2.45, 2.75) is 25.8 Å². The van der Waals surface area contributed by atoms with Gasteiger partial charge in [-0.3, -0.25) is 24.3 Å². The van der Waals surface area contributed by atoms with E-state index < -0.39 is 6.04 Å². The van der Waals surface area contributed by atoms with Crippen molar-refractivity contribution >= 4 is 40.4 Å². The van der Waals surface area contributed by atoms with E-state index in [0.29, 0.717) is 48.9 Å². The van der Waals surface area contributed by atoms with Crippen LogP contribution < -0.4 is 29.8 Å². The minimum absolute atomic E-state index is 0.00949. The lowest BCUT2D eigenvalue weighted by atomic mass is 9.95. The van der Waals surface area contributed by atoms with E-state index in [2.05, 4.69) is 10.3 Å². The number of fused-ring (bicyclic) bond motifs is 1. The summed E-state index contributed by atoms with van der Waals surface area (Å²) in [6.07, 6.45) is 3.65. The van der Waals surface area contributed by atoms with Gasteiger partial charge in [0, 0.05) is 24.8 Å². The number of thiazole rings is 1. The number of aromatic nitrogens is 1. The second-order valence-electron chi connectivity index (χ2n) is 10.4. The quantitative estimate of drug-likeness (QED) is 0.250. The maximum Gasteiger partial charge on any atom is 0.293 e.